The van der Waals surface area contributed by atoms with Gasteiger partial charge in [0, 0.05) is 0 Å². The second-order valence-corrected chi connectivity index (χ2v) is 2.87. The third-order valence-corrected chi connectivity index (χ3v) is 1.96. The van der Waals surface area contributed by atoms with Gasteiger partial charge < -0.3 is 19.7 Å². The Labute approximate surface area is 91.0 Å². The van der Waals surface area contributed by atoms with E-state index in [2.05, 4.69) is 0 Å². The maximum atomic E-state index is 10.9. The van der Waals surface area contributed by atoms with Crippen molar-refractivity contribution in [2.24, 2.45) is 0 Å². The van der Waals surface area contributed by atoms with Crippen LogP contribution in [0.2, 0.25) is 0 Å². The first kappa shape index (κ1) is 11.8. The van der Waals surface area contributed by atoms with Crippen molar-refractivity contribution in [1.29, 1.82) is 0 Å². The Hall–Kier alpha value is -2.24. The van der Waals surface area contributed by atoms with Crippen molar-refractivity contribution in [1.82, 2.24) is 0 Å². The van der Waals surface area contributed by atoms with Gasteiger partial charge in [0.25, 0.3) is 0 Å². The summed E-state index contributed by atoms with van der Waals surface area (Å²) in [7, 11) is 2.53. The topological polar surface area (TPSA) is 93.1 Å². The van der Waals surface area contributed by atoms with Crippen molar-refractivity contribution in [2.45, 2.75) is 0 Å². The number of methoxy groups -OCH3 is 2. The monoisotopic (exact) mass is 226 g/mol. The molecule has 2 N–H and O–H groups in total. The molecule has 0 unspecified atom stereocenters. The van der Waals surface area contributed by atoms with Gasteiger partial charge in [-0.2, -0.15) is 0 Å². The largest absolute Gasteiger partial charge is 0.497 e. The van der Waals surface area contributed by atoms with Gasteiger partial charge in [0.1, 0.15) is 22.6 Å². The van der Waals surface area contributed by atoms with Crippen LogP contribution in [-0.4, -0.2) is 36.4 Å². The molecule has 16 heavy (non-hydrogen) atoms. The molecule has 1 rings (SSSR count). The molecule has 0 amide bonds. The van der Waals surface area contributed by atoms with Crippen LogP contribution in [-0.2, 0) is 0 Å². The predicted molar refractivity (Wildman–Crippen MR) is 53.5 cm³/mol. The van der Waals surface area contributed by atoms with Crippen LogP contribution < -0.4 is 9.47 Å². The zero-order valence-electron chi connectivity index (χ0n) is 8.68. The summed E-state index contributed by atoms with van der Waals surface area (Å²) in [5.74, 6) is -2.60. The molecular formula is C10H10O6. The average Bonchev–Trinajstić information content (AvgIpc) is 2.26. The minimum Gasteiger partial charge on any atom is -0.497 e. The van der Waals surface area contributed by atoms with Crippen LogP contribution in [0.4, 0.5) is 0 Å². The molecule has 0 aliphatic carbocycles. The fraction of sp³-hybridized carbons (Fsp3) is 0.200. The summed E-state index contributed by atoms with van der Waals surface area (Å²) in [5.41, 5.74) is -0.501. The van der Waals surface area contributed by atoms with Gasteiger partial charge in [-0.1, -0.05) is 0 Å². The molecule has 0 aliphatic heterocycles. The van der Waals surface area contributed by atoms with Gasteiger partial charge in [0.2, 0.25) is 0 Å². The van der Waals surface area contributed by atoms with Crippen LogP contribution in [0.5, 0.6) is 11.5 Å². The number of hydrogen-bond acceptors (Lipinski definition) is 4. The van der Waals surface area contributed by atoms with E-state index >= 15 is 0 Å². The van der Waals surface area contributed by atoms with Crippen LogP contribution in [0.15, 0.2) is 12.1 Å². The fourth-order valence-electron chi connectivity index (χ4n) is 1.26. The molecule has 0 aromatic heterocycles. The first-order valence-electron chi connectivity index (χ1n) is 4.23. The summed E-state index contributed by atoms with van der Waals surface area (Å²) in [6.45, 7) is 0. The molecule has 1 aromatic rings. The molecule has 0 aliphatic rings. The number of ether oxygens (including phenoxy) is 2. The highest BCUT2D eigenvalue weighted by Crippen LogP contribution is 2.29. The van der Waals surface area contributed by atoms with Crippen molar-refractivity contribution in [2.75, 3.05) is 14.2 Å². The van der Waals surface area contributed by atoms with E-state index in [4.69, 9.17) is 19.7 Å². The first-order valence-corrected chi connectivity index (χ1v) is 4.23. The van der Waals surface area contributed by atoms with Crippen LogP contribution in [0.1, 0.15) is 20.7 Å². The van der Waals surface area contributed by atoms with Crippen LogP contribution in [0.25, 0.3) is 0 Å². The summed E-state index contributed by atoms with van der Waals surface area (Å²) >= 11 is 0. The van der Waals surface area contributed by atoms with E-state index in [1.807, 2.05) is 0 Å². The second-order valence-electron chi connectivity index (χ2n) is 2.87. The quantitative estimate of drug-likeness (QED) is 0.798. The lowest BCUT2D eigenvalue weighted by Gasteiger charge is -2.10. The highest BCUT2D eigenvalue weighted by Gasteiger charge is 2.21. The van der Waals surface area contributed by atoms with Crippen molar-refractivity contribution in [3.05, 3.63) is 23.3 Å². The maximum Gasteiger partial charge on any atom is 0.339 e. The maximum absolute atomic E-state index is 10.9. The van der Waals surface area contributed by atoms with E-state index in [1.54, 1.807) is 0 Å². The van der Waals surface area contributed by atoms with E-state index in [-0.39, 0.29) is 22.6 Å². The average molecular weight is 226 g/mol. The summed E-state index contributed by atoms with van der Waals surface area (Å²) < 4.78 is 9.59. The molecule has 0 radical (unpaired) electrons. The standard InChI is InChI=1S/C10H10O6/c1-15-5-3-6(9(11)12)8(16-2)7(4-5)10(13)14/h3-4H,1-2H3,(H,11,12)(H,13,14). The lowest BCUT2D eigenvalue weighted by Crippen LogP contribution is -2.08. The fourth-order valence-corrected chi connectivity index (χ4v) is 1.26. The van der Waals surface area contributed by atoms with Crippen molar-refractivity contribution < 1.29 is 29.3 Å². The van der Waals surface area contributed by atoms with E-state index in [0.29, 0.717) is 0 Å². The molecule has 1 aromatic carbocycles. The predicted octanol–water partition coefficient (Wildman–Crippen LogP) is 1.10. The van der Waals surface area contributed by atoms with Crippen molar-refractivity contribution in [3.8, 4) is 11.5 Å². The number of carboxylic acids is 2. The highest BCUT2D eigenvalue weighted by molar-refractivity contribution is 5.99. The third kappa shape index (κ3) is 2.05. The molecule has 6 nitrogen and oxygen atoms in total. The minimum atomic E-state index is -1.28. The smallest absolute Gasteiger partial charge is 0.339 e. The Morgan fingerprint density at radius 3 is 1.69 bits per heavy atom. The van der Waals surface area contributed by atoms with Gasteiger partial charge in [-0.3, -0.25) is 0 Å². The van der Waals surface area contributed by atoms with E-state index in [1.165, 1.54) is 26.4 Å². The van der Waals surface area contributed by atoms with Gasteiger partial charge >= 0.3 is 11.9 Å². The Kier molecular flexibility index (Phi) is 3.34. The van der Waals surface area contributed by atoms with Gasteiger partial charge in [-0.25, -0.2) is 9.59 Å². The SMILES string of the molecule is COc1cc(C(=O)O)c(OC)c(C(=O)O)c1. The first-order chi connectivity index (χ1) is 7.51. The van der Waals surface area contributed by atoms with Crippen LogP contribution >= 0.6 is 0 Å². The molecule has 6 heteroatoms. The van der Waals surface area contributed by atoms with Gasteiger partial charge in [-0.15, -0.1) is 0 Å². The molecule has 0 atom stereocenters. The van der Waals surface area contributed by atoms with Crippen LogP contribution in [0, 0.1) is 0 Å². The lowest BCUT2D eigenvalue weighted by molar-refractivity contribution is 0.0690. The molecule has 0 fully saturated rings. The molecule has 86 valence electrons. The molecule has 0 spiro atoms. The normalized spacial score (nSPS) is 9.62. The Bertz CT molecular complexity index is 402. The number of carbonyl (C=O) groups is 2. The number of hydrogen-bond donors (Lipinski definition) is 2. The van der Waals surface area contributed by atoms with E-state index < -0.39 is 11.9 Å². The van der Waals surface area contributed by atoms with Gasteiger partial charge in [-0.05, 0) is 12.1 Å². The number of rotatable bonds is 4. The molecule has 0 heterocycles. The minimum absolute atomic E-state index is 0.149. The Balaban J connectivity index is 3.52. The van der Waals surface area contributed by atoms with Gasteiger partial charge in [0.15, 0.2) is 0 Å². The molecule has 0 bridgehead atoms. The number of aromatic carboxylic acids is 2. The van der Waals surface area contributed by atoms with Gasteiger partial charge in [0.05, 0.1) is 14.2 Å². The zero-order chi connectivity index (χ0) is 12.3. The van der Waals surface area contributed by atoms with Crippen molar-refractivity contribution >= 4 is 11.9 Å². The zero-order valence-corrected chi connectivity index (χ0v) is 8.68. The van der Waals surface area contributed by atoms with E-state index in [0.717, 1.165) is 0 Å². The second kappa shape index (κ2) is 4.52. The van der Waals surface area contributed by atoms with E-state index in [9.17, 15) is 9.59 Å². The summed E-state index contributed by atoms with van der Waals surface area (Å²) in [5, 5.41) is 17.8. The summed E-state index contributed by atoms with van der Waals surface area (Å²) in [4.78, 5) is 21.8. The Morgan fingerprint density at radius 1 is 1.00 bits per heavy atom. The summed E-state index contributed by atoms with van der Waals surface area (Å²) in [6, 6.07) is 2.40. The molecule has 0 saturated heterocycles. The lowest BCUT2D eigenvalue weighted by atomic mass is 10.1. The Morgan fingerprint density at radius 2 is 1.44 bits per heavy atom. The van der Waals surface area contributed by atoms with Crippen LogP contribution in [0.3, 0.4) is 0 Å². The summed E-state index contributed by atoms with van der Waals surface area (Å²) in [6.07, 6.45) is 0. The highest BCUT2D eigenvalue weighted by atomic mass is 16.5. The van der Waals surface area contributed by atoms with Crippen molar-refractivity contribution in [3.63, 3.8) is 0 Å². The third-order valence-electron chi connectivity index (χ3n) is 1.96. The molecule has 0 saturated carbocycles. The molecular weight excluding hydrogens is 216 g/mol. The number of benzene rings is 1. The number of carboxylic acid groups (broad SMARTS) is 2.